The van der Waals surface area contributed by atoms with Crippen molar-refractivity contribution in [1.29, 1.82) is 0 Å². The highest BCUT2D eigenvalue weighted by Gasteiger charge is 2.23. The highest BCUT2D eigenvalue weighted by atomic mass is 32.2. The highest BCUT2D eigenvalue weighted by Crippen LogP contribution is 2.18. The van der Waals surface area contributed by atoms with Crippen molar-refractivity contribution in [2.24, 2.45) is 0 Å². The maximum absolute atomic E-state index is 12.7. The monoisotopic (exact) mass is 403 g/mol. The number of pyridine rings is 1. The fourth-order valence-electron chi connectivity index (χ4n) is 2.94. The van der Waals surface area contributed by atoms with Gasteiger partial charge in [-0.05, 0) is 62.6 Å². The lowest BCUT2D eigenvalue weighted by Gasteiger charge is -2.35. The van der Waals surface area contributed by atoms with E-state index in [1.807, 2.05) is 12.1 Å². The number of H-pyrrole nitrogens is 1. The van der Waals surface area contributed by atoms with Crippen molar-refractivity contribution in [1.82, 2.24) is 14.6 Å². The van der Waals surface area contributed by atoms with Crippen LogP contribution in [0.1, 0.15) is 26.5 Å². The number of rotatable bonds is 7. The Balaban J connectivity index is 1.69. The van der Waals surface area contributed by atoms with E-state index >= 15 is 0 Å². The minimum atomic E-state index is -3.66. The summed E-state index contributed by atoms with van der Waals surface area (Å²) in [5, 5.41) is 0.664. The van der Waals surface area contributed by atoms with Crippen LogP contribution in [0.4, 0.5) is 0 Å². The van der Waals surface area contributed by atoms with E-state index in [1.165, 1.54) is 12.1 Å². The SMILES string of the molecule is CC(C)(C)N(CCNS(=O)(=O)c1ccc2[nH]c(=O)ccc2c1)Cc1ccco1. The zero-order valence-corrected chi connectivity index (χ0v) is 17.0. The summed E-state index contributed by atoms with van der Waals surface area (Å²) in [6.45, 7) is 7.63. The van der Waals surface area contributed by atoms with Crippen LogP contribution in [0.15, 0.2) is 62.8 Å². The molecule has 0 saturated carbocycles. The van der Waals surface area contributed by atoms with Crippen LogP contribution in [-0.2, 0) is 16.6 Å². The Labute approximate surface area is 164 Å². The minimum Gasteiger partial charge on any atom is -0.468 e. The summed E-state index contributed by atoms with van der Waals surface area (Å²) in [6.07, 6.45) is 1.63. The molecule has 0 unspecified atom stereocenters. The topological polar surface area (TPSA) is 95.4 Å². The summed E-state index contributed by atoms with van der Waals surface area (Å²) >= 11 is 0. The summed E-state index contributed by atoms with van der Waals surface area (Å²) in [4.78, 5) is 16.4. The standard InChI is InChI=1S/C20H25N3O4S/c1-20(2,3)23(14-16-5-4-12-27-16)11-10-21-28(25,26)17-7-8-18-15(13-17)6-9-19(24)22-18/h4-9,12-13,21H,10-11,14H2,1-3H3,(H,22,24). The average Bonchev–Trinajstić information content (AvgIpc) is 3.12. The Bertz CT molecular complexity index is 1100. The number of hydrogen-bond acceptors (Lipinski definition) is 5. The molecule has 1 aromatic carbocycles. The molecule has 3 aromatic rings. The number of hydrogen-bond donors (Lipinski definition) is 2. The lowest BCUT2D eigenvalue weighted by atomic mass is 10.1. The van der Waals surface area contributed by atoms with E-state index in [1.54, 1.807) is 24.5 Å². The van der Waals surface area contributed by atoms with Gasteiger partial charge in [0.2, 0.25) is 15.6 Å². The van der Waals surface area contributed by atoms with Crippen LogP contribution in [0.5, 0.6) is 0 Å². The van der Waals surface area contributed by atoms with Crippen LogP contribution < -0.4 is 10.3 Å². The van der Waals surface area contributed by atoms with E-state index < -0.39 is 10.0 Å². The summed E-state index contributed by atoms with van der Waals surface area (Å²) in [5.41, 5.74) is 0.233. The van der Waals surface area contributed by atoms with Gasteiger partial charge in [-0.25, -0.2) is 13.1 Å². The highest BCUT2D eigenvalue weighted by molar-refractivity contribution is 7.89. The Morgan fingerprint density at radius 1 is 1.14 bits per heavy atom. The van der Waals surface area contributed by atoms with Crippen molar-refractivity contribution >= 4 is 20.9 Å². The molecule has 0 atom stereocenters. The molecule has 0 radical (unpaired) electrons. The molecule has 0 aliphatic carbocycles. The predicted octanol–water partition coefficient (Wildman–Crippen LogP) is 2.70. The van der Waals surface area contributed by atoms with Gasteiger partial charge in [0.25, 0.3) is 0 Å². The third-order valence-electron chi connectivity index (χ3n) is 4.55. The maximum atomic E-state index is 12.7. The normalized spacial score (nSPS) is 12.7. The van der Waals surface area contributed by atoms with Crippen molar-refractivity contribution in [3.63, 3.8) is 0 Å². The number of furan rings is 1. The van der Waals surface area contributed by atoms with E-state index in [9.17, 15) is 13.2 Å². The summed E-state index contributed by atoms with van der Waals surface area (Å²) in [7, 11) is -3.66. The molecule has 0 saturated heterocycles. The molecule has 0 spiro atoms. The molecule has 7 nitrogen and oxygen atoms in total. The third kappa shape index (κ3) is 4.89. The number of sulfonamides is 1. The molecule has 2 aromatic heterocycles. The summed E-state index contributed by atoms with van der Waals surface area (Å²) < 4.78 is 33.4. The van der Waals surface area contributed by atoms with Gasteiger partial charge in [-0.2, -0.15) is 0 Å². The predicted molar refractivity (Wildman–Crippen MR) is 109 cm³/mol. The van der Waals surface area contributed by atoms with Gasteiger partial charge in [0, 0.05) is 30.2 Å². The number of nitrogens with one attached hydrogen (secondary N) is 2. The maximum Gasteiger partial charge on any atom is 0.248 e. The Morgan fingerprint density at radius 2 is 1.93 bits per heavy atom. The van der Waals surface area contributed by atoms with Crippen LogP contribution in [0.2, 0.25) is 0 Å². The Hall–Kier alpha value is -2.42. The van der Waals surface area contributed by atoms with Crippen LogP contribution in [0, 0.1) is 0 Å². The summed E-state index contributed by atoms with van der Waals surface area (Å²) in [5.74, 6) is 0.835. The Morgan fingerprint density at radius 3 is 2.61 bits per heavy atom. The second-order valence-electron chi connectivity index (χ2n) is 7.64. The van der Waals surface area contributed by atoms with E-state index in [-0.39, 0.29) is 22.5 Å². The van der Waals surface area contributed by atoms with Crippen molar-refractivity contribution in [2.45, 2.75) is 37.8 Å². The van der Waals surface area contributed by atoms with Crippen molar-refractivity contribution in [3.05, 3.63) is 64.8 Å². The molecule has 28 heavy (non-hydrogen) atoms. The Kier molecular flexibility index (Phi) is 5.74. The molecule has 3 rings (SSSR count). The van der Waals surface area contributed by atoms with Gasteiger partial charge in [-0.15, -0.1) is 0 Å². The number of fused-ring (bicyclic) bond motifs is 1. The fourth-order valence-corrected chi connectivity index (χ4v) is 4.00. The van der Waals surface area contributed by atoms with Crippen LogP contribution >= 0.6 is 0 Å². The molecule has 8 heteroatoms. The second-order valence-corrected chi connectivity index (χ2v) is 9.41. The number of benzene rings is 1. The van der Waals surface area contributed by atoms with Gasteiger partial charge in [-0.3, -0.25) is 9.69 Å². The molecule has 0 bridgehead atoms. The third-order valence-corrected chi connectivity index (χ3v) is 6.01. The minimum absolute atomic E-state index is 0.146. The molecule has 0 aliphatic rings. The largest absolute Gasteiger partial charge is 0.468 e. The lowest BCUT2D eigenvalue weighted by molar-refractivity contribution is 0.120. The molecule has 2 heterocycles. The van der Waals surface area contributed by atoms with E-state index in [4.69, 9.17) is 4.42 Å². The second kappa shape index (κ2) is 7.90. The molecule has 0 fully saturated rings. The molecular weight excluding hydrogens is 378 g/mol. The van der Waals surface area contributed by atoms with Crippen molar-refractivity contribution < 1.29 is 12.8 Å². The molecule has 0 amide bonds. The molecular formula is C20H25N3O4S. The van der Waals surface area contributed by atoms with Gasteiger partial charge < -0.3 is 9.40 Å². The van der Waals surface area contributed by atoms with Crippen LogP contribution in [0.3, 0.4) is 0 Å². The first-order valence-corrected chi connectivity index (χ1v) is 10.5. The van der Waals surface area contributed by atoms with Crippen molar-refractivity contribution in [2.75, 3.05) is 13.1 Å². The molecule has 150 valence electrons. The zero-order valence-electron chi connectivity index (χ0n) is 16.2. The molecule has 0 aliphatic heterocycles. The summed E-state index contributed by atoms with van der Waals surface area (Å²) in [6, 6.07) is 11.4. The van der Waals surface area contributed by atoms with E-state index in [0.29, 0.717) is 24.0 Å². The lowest BCUT2D eigenvalue weighted by Crippen LogP contribution is -2.45. The van der Waals surface area contributed by atoms with Crippen LogP contribution in [0.25, 0.3) is 10.9 Å². The number of nitrogens with zero attached hydrogens (tertiary/aromatic N) is 1. The molecule has 2 N–H and O–H groups in total. The first-order valence-electron chi connectivity index (χ1n) is 9.05. The fraction of sp³-hybridized carbons (Fsp3) is 0.350. The van der Waals surface area contributed by atoms with Gasteiger partial charge in [-0.1, -0.05) is 0 Å². The number of aromatic nitrogens is 1. The van der Waals surface area contributed by atoms with Gasteiger partial charge in [0.1, 0.15) is 5.76 Å². The van der Waals surface area contributed by atoms with E-state index in [0.717, 1.165) is 5.76 Å². The number of aromatic amines is 1. The smallest absolute Gasteiger partial charge is 0.248 e. The van der Waals surface area contributed by atoms with Crippen LogP contribution in [-0.4, -0.2) is 36.9 Å². The first kappa shape index (κ1) is 20.3. The quantitative estimate of drug-likeness (QED) is 0.632. The van der Waals surface area contributed by atoms with E-state index in [2.05, 4.69) is 35.4 Å². The average molecular weight is 404 g/mol. The van der Waals surface area contributed by atoms with Gasteiger partial charge in [0.15, 0.2) is 0 Å². The first-order chi connectivity index (χ1) is 13.1. The van der Waals surface area contributed by atoms with Crippen molar-refractivity contribution in [3.8, 4) is 0 Å². The van der Waals surface area contributed by atoms with Gasteiger partial charge in [0.05, 0.1) is 17.7 Å². The van der Waals surface area contributed by atoms with Gasteiger partial charge >= 0.3 is 0 Å². The zero-order chi connectivity index (χ0) is 20.4.